The third-order valence-corrected chi connectivity index (χ3v) is 2.83. The molecular weight excluding hydrogens is 273 g/mol. The Morgan fingerprint density at radius 1 is 1.10 bits per heavy atom. The molecule has 2 aromatic rings. The van der Waals surface area contributed by atoms with Gasteiger partial charge in [-0.05, 0) is 37.3 Å². The molecule has 0 atom stereocenters. The van der Waals surface area contributed by atoms with Gasteiger partial charge >= 0.3 is 0 Å². The van der Waals surface area contributed by atoms with Crippen molar-refractivity contribution in [3.05, 3.63) is 59.9 Å². The SMILES string of the molecule is C/C(=N/O)c1cc(F)ccc1OCCOc1ccccc1. The molecule has 0 aromatic heterocycles. The van der Waals surface area contributed by atoms with E-state index in [0.717, 1.165) is 5.75 Å². The lowest BCUT2D eigenvalue weighted by Gasteiger charge is -2.11. The van der Waals surface area contributed by atoms with Crippen LogP contribution in [0, 0.1) is 5.82 Å². The van der Waals surface area contributed by atoms with Gasteiger partial charge in [0.1, 0.15) is 30.5 Å². The number of para-hydroxylation sites is 1. The highest BCUT2D eigenvalue weighted by Crippen LogP contribution is 2.20. The molecular formula is C16H16FNO3. The summed E-state index contributed by atoms with van der Waals surface area (Å²) in [6, 6.07) is 13.4. The van der Waals surface area contributed by atoms with E-state index in [2.05, 4.69) is 5.16 Å². The average Bonchev–Trinajstić information content (AvgIpc) is 2.53. The zero-order valence-electron chi connectivity index (χ0n) is 11.6. The van der Waals surface area contributed by atoms with E-state index in [1.165, 1.54) is 18.2 Å². The molecule has 2 rings (SSSR count). The summed E-state index contributed by atoms with van der Waals surface area (Å²) in [7, 11) is 0. The number of nitrogens with zero attached hydrogens (tertiary/aromatic N) is 1. The Balaban J connectivity index is 1.94. The van der Waals surface area contributed by atoms with Crippen molar-refractivity contribution in [1.29, 1.82) is 0 Å². The van der Waals surface area contributed by atoms with Crippen molar-refractivity contribution in [2.75, 3.05) is 13.2 Å². The van der Waals surface area contributed by atoms with E-state index in [1.807, 2.05) is 30.3 Å². The average molecular weight is 289 g/mol. The summed E-state index contributed by atoms with van der Waals surface area (Å²) in [6.07, 6.45) is 0. The molecule has 110 valence electrons. The van der Waals surface area contributed by atoms with Gasteiger partial charge in [0.15, 0.2) is 0 Å². The summed E-state index contributed by atoms with van der Waals surface area (Å²) in [5.74, 6) is 0.790. The van der Waals surface area contributed by atoms with Crippen molar-refractivity contribution >= 4 is 5.71 Å². The van der Waals surface area contributed by atoms with Gasteiger partial charge in [0.25, 0.3) is 0 Å². The second-order valence-corrected chi connectivity index (χ2v) is 4.34. The van der Waals surface area contributed by atoms with Gasteiger partial charge < -0.3 is 14.7 Å². The number of ether oxygens (including phenoxy) is 2. The van der Waals surface area contributed by atoms with Crippen LogP contribution in [-0.2, 0) is 0 Å². The minimum atomic E-state index is -0.416. The molecule has 0 bridgehead atoms. The number of halogens is 1. The lowest BCUT2D eigenvalue weighted by Crippen LogP contribution is -2.11. The maximum Gasteiger partial charge on any atom is 0.128 e. The molecule has 0 saturated heterocycles. The van der Waals surface area contributed by atoms with Gasteiger partial charge in [-0.15, -0.1) is 0 Å². The van der Waals surface area contributed by atoms with Gasteiger partial charge in [0, 0.05) is 5.56 Å². The van der Waals surface area contributed by atoms with Gasteiger partial charge in [0.05, 0.1) is 5.71 Å². The van der Waals surface area contributed by atoms with Crippen LogP contribution < -0.4 is 9.47 Å². The van der Waals surface area contributed by atoms with Crippen LogP contribution in [0.2, 0.25) is 0 Å². The summed E-state index contributed by atoms with van der Waals surface area (Å²) in [5.41, 5.74) is 0.700. The van der Waals surface area contributed by atoms with Gasteiger partial charge in [-0.25, -0.2) is 4.39 Å². The van der Waals surface area contributed by atoms with Crippen molar-refractivity contribution in [3.63, 3.8) is 0 Å². The van der Waals surface area contributed by atoms with Crippen molar-refractivity contribution in [2.24, 2.45) is 5.16 Å². The Bertz CT molecular complexity index is 614. The van der Waals surface area contributed by atoms with Crippen LogP contribution in [0.4, 0.5) is 4.39 Å². The second-order valence-electron chi connectivity index (χ2n) is 4.34. The quantitative estimate of drug-likeness (QED) is 0.383. The molecule has 0 unspecified atom stereocenters. The van der Waals surface area contributed by atoms with Crippen LogP contribution in [0.3, 0.4) is 0 Å². The van der Waals surface area contributed by atoms with Gasteiger partial charge in [-0.1, -0.05) is 23.4 Å². The lowest BCUT2D eigenvalue weighted by atomic mass is 10.1. The summed E-state index contributed by atoms with van der Waals surface area (Å²) < 4.78 is 24.3. The Morgan fingerprint density at radius 3 is 2.52 bits per heavy atom. The molecule has 0 heterocycles. The Labute approximate surface area is 122 Å². The molecule has 0 saturated carbocycles. The first-order valence-electron chi connectivity index (χ1n) is 6.50. The highest BCUT2D eigenvalue weighted by atomic mass is 19.1. The second kappa shape index (κ2) is 7.28. The van der Waals surface area contributed by atoms with Crippen molar-refractivity contribution in [2.45, 2.75) is 6.92 Å². The number of hydrogen-bond acceptors (Lipinski definition) is 4. The molecule has 0 amide bonds. The van der Waals surface area contributed by atoms with Crippen LogP contribution in [0.5, 0.6) is 11.5 Å². The molecule has 2 aromatic carbocycles. The van der Waals surface area contributed by atoms with E-state index >= 15 is 0 Å². The minimum Gasteiger partial charge on any atom is -0.490 e. The summed E-state index contributed by atoms with van der Waals surface area (Å²) in [4.78, 5) is 0. The summed E-state index contributed by atoms with van der Waals surface area (Å²) >= 11 is 0. The van der Waals surface area contributed by atoms with Crippen LogP contribution in [0.25, 0.3) is 0 Å². The minimum absolute atomic E-state index is 0.286. The largest absolute Gasteiger partial charge is 0.490 e. The van der Waals surface area contributed by atoms with E-state index < -0.39 is 5.82 Å². The molecule has 0 aliphatic heterocycles. The number of benzene rings is 2. The highest BCUT2D eigenvalue weighted by molar-refractivity contribution is 6.00. The van der Waals surface area contributed by atoms with E-state index in [1.54, 1.807) is 6.92 Å². The first-order chi connectivity index (χ1) is 10.2. The standard InChI is InChI=1S/C16H16FNO3/c1-12(18-19)15-11-13(17)7-8-16(15)21-10-9-20-14-5-3-2-4-6-14/h2-8,11,19H,9-10H2,1H3/b18-12-. The monoisotopic (exact) mass is 289 g/mol. The molecule has 4 nitrogen and oxygen atoms in total. The normalized spacial score (nSPS) is 11.2. The first kappa shape index (κ1) is 14.8. The zero-order chi connectivity index (χ0) is 15.1. The maximum absolute atomic E-state index is 13.2. The van der Waals surface area contributed by atoms with Crippen LogP contribution in [0.1, 0.15) is 12.5 Å². The van der Waals surface area contributed by atoms with Crippen LogP contribution >= 0.6 is 0 Å². The molecule has 1 N–H and O–H groups in total. The molecule has 0 aliphatic rings. The smallest absolute Gasteiger partial charge is 0.128 e. The molecule has 21 heavy (non-hydrogen) atoms. The summed E-state index contributed by atoms with van der Waals surface area (Å²) in [5, 5.41) is 11.9. The van der Waals surface area contributed by atoms with Crippen molar-refractivity contribution < 1.29 is 19.1 Å². The predicted octanol–water partition coefficient (Wildman–Crippen LogP) is 3.48. The molecule has 0 spiro atoms. The Morgan fingerprint density at radius 2 is 1.81 bits per heavy atom. The fourth-order valence-corrected chi connectivity index (χ4v) is 1.79. The van der Waals surface area contributed by atoms with E-state index in [9.17, 15) is 4.39 Å². The maximum atomic E-state index is 13.2. The van der Waals surface area contributed by atoms with Gasteiger partial charge in [-0.3, -0.25) is 0 Å². The summed E-state index contributed by atoms with van der Waals surface area (Å²) in [6.45, 7) is 2.23. The van der Waals surface area contributed by atoms with Crippen LogP contribution in [0.15, 0.2) is 53.7 Å². The highest BCUT2D eigenvalue weighted by Gasteiger charge is 2.09. The first-order valence-corrected chi connectivity index (χ1v) is 6.50. The van der Waals surface area contributed by atoms with Crippen molar-refractivity contribution in [1.82, 2.24) is 0 Å². The number of hydrogen-bond donors (Lipinski definition) is 1. The fourth-order valence-electron chi connectivity index (χ4n) is 1.79. The fraction of sp³-hybridized carbons (Fsp3) is 0.188. The molecule has 0 fully saturated rings. The molecule has 0 aliphatic carbocycles. The van der Waals surface area contributed by atoms with Gasteiger partial charge in [0.2, 0.25) is 0 Å². The lowest BCUT2D eigenvalue weighted by molar-refractivity contribution is 0.216. The number of oxime groups is 1. The topological polar surface area (TPSA) is 51.1 Å². The number of rotatable bonds is 6. The third-order valence-electron chi connectivity index (χ3n) is 2.83. The predicted molar refractivity (Wildman–Crippen MR) is 77.8 cm³/mol. The zero-order valence-corrected chi connectivity index (χ0v) is 11.6. The molecule has 0 radical (unpaired) electrons. The van der Waals surface area contributed by atoms with Crippen molar-refractivity contribution in [3.8, 4) is 11.5 Å². The Hall–Kier alpha value is -2.56. The molecule has 5 heteroatoms. The third kappa shape index (κ3) is 4.21. The van der Waals surface area contributed by atoms with Gasteiger partial charge in [-0.2, -0.15) is 0 Å². The van der Waals surface area contributed by atoms with E-state index in [4.69, 9.17) is 14.7 Å². The van der Waals surface area contributed by atoms with E-state index in [-0.39, 0.29) is 5.71 Å². The van der Waals surface area contributed by atoms with Crippen LogP contribution in [-0.4, -0.2) is 24.1 Å². The van der Waals surface area contributed by atoms with E-state index in [0.29, 0.717) is 24.5 Å². The Kier molecular flexibility index (Phi) is 5.15.